The summed E-state index contributed by atoms with van der Waals surface area (Å²) in [6, 6.07) is 12.8. The fraction of sp³-hybridized carbons (Fsp3) is 0.222. The van der Waals surface area contributed by atoms with Crippen LogP contribution in [-0.2, 0) is 16.6 Å². The standard InChI is InChI=1S/C18H20ClN3O3S/c1-3-22-16-10-14(25-2)8-9-15(16)17(20)18(22)12-4-6-13(7-5-12)21-26(23,24)11-19/h4-10,21H,3,11,20H2,1-2H3. The van der Waals surface area contributed by atoms with Crippen molar-refractivity contribution in [2.45, 2.75) is 13.5 Å². The molecule has 1 heterocycles. The number of alkyl halides is 1. The molecule has 0 saturated heterocycles. The molecule has 6 nitrogen and oxygen atoms in total. The summed E-state index contributed by atoms with van der Waals surface area (Å²) in [6.07, 6.45) is 0. The zero-order chi connectivity index (χ0) is 18.9. The number of hydrogen-bond acceptors (Lipinski definition) is 4. The number of aryl methyl sites for hydroxylation is 1. The number of rotatable bonds is 6. The van der Waals surface area contributed by atoms with E-state index in [1.807, 2.05) is 37.3 Å². The number of sulfonamides is 1. The second kappa shape index (κ2) is 7.09. The summed E-state index contributed by atoms with van der Waals surface area (Å²) < 4.78 is 33.0. The van der Waals surface area contributed by atoms with E-state index in [1.54, 1.807) is 19.2 Å². The Hall–Kier alpha value is -2.38. The molecule has 8 heteroatoms. The third kappa shape index (κ3) is 3.32. The molecule has 1 aromatic heterocycles. The topological polar surface area (TPSA) is 86.4 Å². The number of halogens is 1. The molecule has 0 aliphatic carbocycles. The van der Waals surface area contributed by atoms with E-state index in [0.29, 0.717) is 11.4 Å². The van der Waals surface area contributed by atoms with Crippen LogP contribution in [0.3, 0.4) is 0 Å². The van der Waals surface area contributed by atoms with Gasteiger partial charge in [-0.25, -0.2) is 8.42 Å². The zero-order valence-electron chi connectivity index (χ0n) is 14.5. The van der Waals surface area contributed by atoms with Gasteiger partial charge in [0.1, 0.15) is 11.0 Å². The second-order valence-corrected chi connectivity index (χ2v) is 8.10. The van der Waals surface area contributed by atoms with E-state index in [2.05, 4.69) is 9.29 Å². The summed E-state index contributed by atoms with van der Waals surface area (Å²) in [4.78, 5) is 0. The van der Waals surface area contributed by atoms with Crippen LogP contribution in [0.15, 0.2) is 42.5 Å². The average Bonchev–Trinajstić information content (AvgIpc) is 2.93. The minimum absolute atomic E-state index is 0.453. The van der Waals surface area contributed by atoms with E-state index in [0.717, 1.165) is 34.5 Å². The van der Waals surface area contributed by atoms with Crippen LogP contribution in [0.2, 0.25) is 0 Å². The van der Waals surface area contributed by atoms with E-state index >= 15 is 0 Å². The maximum Gasteiger partial charge on any atom is 0.246 e. The summed E-state index contributed by atoms with van der Waals surface area (Å²) in [5, 5.41) is 0.461. The number of nitrogen functional groups attached to an aromatic ring is 1. The zero-order valence-corrected chi connectivity index (χ0v) is 16.1. The van der Waals surface area contributed by atoms with E-state index in [1.165, 1.54) is 0 Å². The number of benzene rings is 2. The van der Waals surface area contributed by atoms with Crippen LogP contribution in [0.25, 0.3) is 22.2 Å². The van der Waals surface area contributed by atoms with Gasteiger partial charge < -0.3 is 15.0 Å². The Balaban J connectivity index is 2.09. The third-order valence-corrected chi connectivity index (χ3v) is 5.90. The number of nitrogens with one attached hydrogen (secondary N) is 1. The Morgan fingerprint density at radius 1 is 1.19 bits per heavy atom. The van der Waals surface area contributed by atoms with Gasteiger partial charge in [-0.05, 0) is 31.2 Å². The molecule has 0 unspecified atom stereocenters. The average molecular weight is 394 g/mol. The molecule has 3 rings (SSSR count). The molecule has 0 spiro atoms. The number of nitrogens with zero attached hydrogens (tertiary/aromatic N) is 1. The molecule has 0 aliphatic rings. The van der Waals surface area contributed by atoms with Gasteiger partial charge in [-0.2, -0.15) is 0 Å². The van der Waals surface area contributed by atoms with E-state index in [-0.39, 0.29) is 0 Å². The molecule has 26 heavy (non-hydrogen) atoms. The molecule has 0 amide bonds. The Morgan fingerprint density at radius 3 is 2.46 bits per heavy atom. The van der Waals surface area contributed by atoms with Crippen LogP contribution in [0.1, 0.15) is 6.92 Å². The number of ether oxygens (including phenoxy) is 1. The summed E-state index contributed by atoms with van der Waals surface area (Å²) in [5.41, 5.74) is 10.3. The van der Waals surface area contributed by atoms with Gasteiger partial charge in [-0.3, -0.25) is 4.72 Å². The quantitative estimate of drug-likeness (QED) is 0.622. The van der Waals surface area contributed by atoms with Gasteiger partial charge in [0.05, 0.1) is 24.0 Å². The van der Waals surface area contributed by atoms with Crippen molar-refractivity contribution in [2.24, 2.45) is 0 Å². The first-order valence-electron chi connectivity index (χ1n) is 8.02. The monoisotopic (exact) mass is 393 g/mol. The molecule has 0 fully saturated rings. The number of anilines is 2. The summed E-state index contributed by atoms with van der Waals surface area (Å²) >= 11 is 5.42. The van der Waals surface area contributed by atoms with Gasteiger partial charge in [0.15, 0.2) is 0 Å². The highest BCUT2D eigenvalue weighted by Crippen LogP contribution is 2.37. The highest BCUT2D eigenvalue weighted by molar-refractivity contribution is 7.93. The second-order valence-electron chi connectivity index (χ2n) is 5.79. The van der Waals surface area contributed by atoms with Gasteiger partial charge in [0, 0.05) is 29.2 Å². The first kappa shape index (κ1) is 18.4. The van der Waals surface area contributed by atoms with Crippen molar-refractivity contribution in [2.75, 3.05) is 22.8 Å². The van der Waals surface area contributed by atoms with Gasteiger partial charge in [-0.1, -0.05) is 12.1 Å². The maximum absolute atomic E-state index is 11.6. The molecule has 3 aromatic rings. The van der Waals surface area contributed by atoms with Crippen molar-refractivity contribution in [3.8, 4) is 17.0 Å². The van der Waals surface area contributed by atoms with Crippen molar-refractivity contribution in [3.63, 3.8) is 0 Å². The van der Waals surface area contributed by atoms with Crippen LogP contribution >= 0.6 is 11.6 Å². The Morgan fingerprint density at radius 2 is 1.88 bits per heavy atom. The molecule has 0 atom stereocenters. The van der Waals surface area contributed by atoms with Gasteiger partial charge in [0.2, 0.25) is 10.0 Å². The van der Waals surface area contributed by atoms with E-state index in [4.69, 9.17) is 22.1 Å². The summed E-state index contributed by atoms with van der Waals surface area (Å²) in [6.45, 7) is 2.78. The summed E-state index contributed by atoms with van der Waals surface area (Å²) in [7, 11) is -1.90. The molecule has 2 aromatic carbocycles. The molecular weight excluding hydrogens is 374 g/mol. The predicted octanol–water partition coefficient (Wildman–Crippen LogP) is 3.86. The minimum atomic E-state index is -3.53. The minimum Gasteiger partial charge on any atom is -0.497 e. The van der Waals surface area contributed by atoms with Gasteiger partial charge >= 0.3 is 0 Å². The molecule has 0 saturated carbocycles. The van der Waals surface area contributed by atoms with Crippen LogP contribution in [0, 0.1) is 0 Å². The SMILES string of the molecule is CCn1c(-c2ccc(NS(=O)(=O)CCl)cc2)c(N)c2ccc(OC)cc21. The predicted molar refractivity (Wildman–Crippen MR) is 107 cm³/mol. The van der Waals surface area contributed by atoms with Gasteiger partial charge in [-0.15, -0.1) is 11.6 Å². The number of fused-ring (bicyclic) bond motifs is 1. The largest absolute Gasteiger partial charge is 0.497 e. The number of nitrogens with two attached hydrogens (primary N) is 1. The third-order valence-electron chi connectivity index (χ3n) is 4.20. The van der Waals surface area contributed by atoms with Gasteiger partial charge in [0.25, 0.3) is 0 Å². The first-order valence-corrected chi connectivity index (χ1v) is 10.2. The molecule has 3 N–H and O–H groups in total. The van der Waals surface area contributed by atoms with Crippen LogP contribution < -0.4 is 15.2 Å². The number of methoxy groups -OCH3 is 1. The highest BCUT2D eigenvalue weighted by Gasteiger charge is 2.17. The Bertz CT molecular complexity index is 1040. The van der Waals surface area contributed by atoms with Crippen LogP contribution in [0.5, 0.6) is 5.75 Å². The molecule has 0 radical (unpaired) electrons. The van der Waals surface area contributed by atoms with Crippen molar-refractivity contribution < 1.29 is 13.2 Å². The number of hydrogen-bond donors (Lipinski definition) is 2. The fourth-order valence-corrected chi connectivity index (χ4v) is 3.74. The van der Waals surface area contributed by atoms with Crippen LogP contribution in [-0.4, -0.2) is 25.3 Å². The first-order chi connectivity index (χ1) is 12.4. The lowest BCUT2D eigenvalue weighted by Crippen LogP contribution is -2.13. The molecule has 0 aliphatic heterocycles. The van der Waals surface area contributed by atoms with Crippen LogP contribution in [0.4, 0.5) is 11.4 Å². The molecule has 138 valence electrons. The normalized spacial score (nSPS) is 11.7. The molecular formula is C18H20ClN3O3S. The summed E-state index contributed by atoms with van der Waals surface area (Å²) in [5.74, 6) is 0.766. The molecule has 0 bridgehead atoms. The smallest absolute Gasteiger partial charge is 0.246 e. The fourth-order valence-electron chi connectivity index (χ4n) is 3.03. The van der Waals surface area contributed by atoms with E-state index in [9.17, 15) is 8.42 Å². The maximum atomic E-state index is 11.6. The van der Waals surface area contributed by atoms with Crippen molar-refractivity contribution in [3.05, 3.63) is 42.5 Å². The van der Waals surface area contributed by atoms with E-state index < -0.39 is 15.2 Å². The Kier molecular flexibility index (Phi) is 5.02. The van der Waals surface area contributed by atoms with Crippen molar-refractivity contribution in [1.29, 1.82) is 0 Å². The van der Waals surface area contributed by atoms with Crippen molar-refractivity contribution >= 4 is 43.9 Å². The lowest BCUT2D eigenvalue weighted by Gasteiger charge is -2.11. The highest BCUT2D eigenvalue weighted by atomic mass is 35.5. The Labute approximate surface area is 157 Å². The van der Waals surface area contributed by atoms with Crippen molar-refractivity contribution in [1.82, 2.24) is 4.57 Å². The lowest BCUT2D eigenvalue weighted by molar-refractivity contribution is 0.415. The number of aromatic nitrogens is 1. The lowest BCUT2D eigenvalue weighted by atomic mass is 10.1.